The van der Waals surface area contributed by atoms with Crippen LogP contribution in [0.15, 0.2) is 0 Å². The number of carbonyl (C=O) groups excluding carboxylic acids is 1. The zero-order chi connectivity index (χ0) is 12.4. The van der Waals surface area contributed by atoms with E-state index in [1.807, 2.05) is 11.8 Å². The molecule has 5 heteroatoms. The van der Waals surface area contributed by atoms with Gasteiger partial charge in [-0.15, -0.1) is 0 Å². The van der Waals surface area contributed by atoms with Crippen LogP contribution < -0.4 is 5.73 Å². The maximum Gasteiger partial charge on any atom is 0.319 e. The van der Waals surface area contributed by atoms with Gasteiger partial charge in [0.25, 0.3) is 0 Å². The van der Waals surface area contributed by atoms with Crippen molar-refractivity contribution in [3.63, 3.8) is 0 Å². The summed E-state index contributed by atoms with van der Waals surface area (Å²) in [6.45, 7) is 6.94. The minimum atomic E-state index is -0.222. The van der Waals surface area contributed by atoms with Crippen LogP contribution in [0.4, 0.5) is 0 Å². The number of nitrogens with two attached hydrogens (primary N) is 1. The number of hydrogen-bond donors (Lipinski definition) is 1. The van der Waals surface area contributed by atoms with Crippen LogP contribution in [0.1, 0.15) is 20.3 Å². The van der Waals surface area contributed by atoms with Gasteiger partial charge in [-0.3, -0.25) is 9.69 Å². The molecule has 0 saturated heterocycles. The molecule has 0 spiro atoms. The average Bonchev–Trinajstić information content (AvgIpc) is 2.28. The summed E-state index contributed by atoms with van der Waals surface area (Å²) in [5.41, 5.74) is 5.60. The Bertz CT molecular complexity index is 188. The van der Waals surface area contributed by atoms with E-state index >= 15 is 0 Å². The highest BCUT2D eigenvalue weighted by atomic mass is 16.5. The zero-order valence-corrected chi connectivity index (χ0v) is 10.6. The molecule has 0 saturated carbocycles. The van der Waals surface area contributed by atoms with E-state index in [1.165, 1.54) is 7.11 Å². The van der Waals surface area contributed by atoms with Crippen molar-refractivity contribution in [2.24, 2.45) is 5.73 Å². The van der Waals surface area contributed by atoms with E-state index in [9.17, 15) is 4.79 Å². The lowest BCUT2D eigenvalue weighted by Gasteiger charge is -2.25. The third kappa shape index (κ3) is 6.76. The molecule has 0 aromatic rings. The highest BCUT2D eigenvalue weighted by Gasteiger charge is 2.15. The topological polar surface area (TPSA) is 64.8 Å². The lowest BCUT2D eigenvalue weighted by atomic mass is 10.3. The van der Waals surface area contributed by atoms with Crippen molar-refractivity contribution < 1.29 is 14.3 Å². The third-order valence-corrected chi connectivity index (χ3v) is 2.25. The Balaban J connectivity index is 4.12. The number of carbonyl (C=O) groups is 1. The molecule has 1 unspecified atom stereocenters. The Morgan fingerprint density at radius 2 is 2.12 bits per heavy atom. The van der Waals surface area contributed by atoms with Gasteiger partial charge in [0.1, 0.15) is 0 Å². The number of ether oxygens (including phenoxy) is 2. The van der Waals surface area contributed by atoms with Crippen LogP contribution in [0.5, 0.6) is 0 Å². The van der Waals surface area contributed by atoms with Crippen molar-refractivity contribution in [3.8, 4) is 0 Å². The summed E-state index contributed by atoms with van der Waals surface area (Å²) in [6.07, 6.45) is 0.974. The van der Waals surface area contributed by atoms with Crippen LogP contribution in [-0.2, 0) is 14.3 Å². The molecule has 96 valence electrons. The van der Waals surface area contributed by atoms with E-state index in [0.29, 0.717) is 26.2 Å². The summed E-state index contributed by atoms with van der Waals surface area (Å²) in [5.74, 6) is -0.222. The van der Waals surface area contributed by atoms with Gasteiger partial charge in [-0.25, -0.2) is 0 Å². The molecule has 0 aliphatic rings. The second kappa shape index (κ2) is 9.57. The Hall–Kier alpha value is -0.650. The van der Waals surface area contributed by atoms with Crippen molar-refractivity contribution in [1.29, 1.82) is 0 Å². The largest absolute Gasteiger partial charge is 0.468 e. The minimum absolute atomic E-state index is 0.0128. The molecule has 0 aromatic carbocycles. The summed E-state index contributed by atoms with van der Waals surface area (Å²) >= 11 is 0. The smallest absolute Gasteiger partial charge is 0.319 e. The lowest BCUT2D eigenvalue weighted by molar-refractivity contribution is -0.142. The highest BCUT2D eigenvalue weighted by molar-refractivity contribution is 5.71. The van der Waals surface area contributed by atoms with Crippen LogP contribution in [0, 0.1) is 0 Å². The molecular formula is C11H24N2O3. The van der Waals surface area contributed by atoms with Crippen molar-refractivity contribution >= 4 is 5.97 Å². The molecular weight excluding hydrogens is 208 g/mol. The number of hydrogen-bond acceptors (Lipinski definition) is 5. The lowest BCUT2D eigenvalue weighted by Crippen LogP contribution is -2.41. The number of esters is 1. The molecule has 0 aromatic heterocycles. The molecule has 0 fully saturated rings. The highest BCUT2D eigenvalue weighted by Crippen LogP contribution is 1.99. The maximum absolute atomic E-state index is 11.2. The van der Waals surface area contributed by atoms with Gasteiger partial charge in [0, 0.05) is 19.7 Å². The van der Waals surface area contributed by atoms with E-state index < -0.39 is 0 Å². The van der Waals surface area contributed by atoms with Gasteiger partial charge < -0.3 is 15.2 Å². The Labute approximate surface area is 97.9 Å². The van der Waals surface area contributed by atoms with Crippen LogP contribution in [0.3, 0.4) is 0 Å². The van der Waals surface area contributed by atoms with Gasteiger partial charge in [-0.2, -0.15) is 0 Å². The number of rotatable bonds is 9. The van der Waals surface area contributed by atoms with Gasteiger partial charge in [0.2, 0.25) is 0 Å². The Morgan fingerprint density at radius 3 is 2.56 bits per heavy atom. The fourth-order valence-corrected chi connectivity index (χ4v) is 1.52. The summed E-state index contributed by atoms with van der Waals surface area (Å²) in [5, 5.41) is 0. The first-order valence-electron chi connectivity index (χ1n) is 5.78. The SMILES string of the molecule is CCCN(CC(=O)OC)CC(CN)OCC. The number of methoxy groups -OCH3 is 1. The van der Waals surface area contributed by atoms with E-state index in [4.69, 9.17) is 10.5 Å². The maximum atomic E-state index is 11.2. The second-order valence-corrected chi connectivity index (χ2v) is 3.62. The van der Waals surface area contributed by atoms with Gasteiger partial charge in [0.15, 0.2) is 0 Å². The summed E-state index contributed by atoms with van der Waals surface area (Å²) in [7, 11) is 1.40. The molecule has 0 aliphatic carbocycles. The molecule has 0 heterocycles. The van der Waals surface area contributed by atoms with Crippen LogP contribution in [0.25, 0.3) is 0 Å². The first-order valence-corrected chi connectivity index (χ1v) is 5.78. The monoisotopic (exact) mass is 232 g/mol. The number of nitrogens with zero attached hydrogens (tertiary/aromatic N) is 1. The normalized spacial score (nSPS) is 12.8. The quantitative estimate of drug-likeness (QED) is 0.577. The van der Waals surface area contributed by atoms with Crippen LogP contribution >= 0.6 is 0 Å². The molecule has 2 N–H and O–H groups in total. The first kappa shape index (κ1) is 15.3. The van der Waals surface area contributed by atoms with Gasteiger partial charge in [-0.05, 0) is 19.9 Å². The van der Waals surface area contributed by atoms with Gasteiger partial charge in [0.05, 0.1) is 19.8 Å². The van der Waals surface area contributed by atoms with Gasteiger partial charge >= 0.3 is 5.97 Å². The average molecular weight is 232 g/mol. The Kier molecular flexibility index (Phi) is 9.18. The molecule has 0 amide bonds. The predicted octanol–water partition coefficient (Wildman–Crippen LogP) is 0.235. The molecule has 16 heavy (non-hydrogen) atoms. The molecule has 0 rings (SSSR count). The van der Waals surface area contributed by atoms with E-state index in [-0.39, 0.29) is 12.1 Å². The predicted molar refractivity (Wildman–Crippen MR) is 63.2 cm³/mol. The van der Waals surface area contributed by atoms with Crippen LogP contribution in [-0.4, -0.2) is 56.9 Å². The molecule has 5 nitrogen and oxygen atoms in total. The third-order valence-electron chi connectivity index (χ3n) is 2.25. The second-order valence-electron chi connectivity index (χ2n) is 3.62. The summed E-state index contributed by atoms with van der Waals surface area (Å²) in [6, 6.07) is 0. The first-order chi connectivity index (χ1) is 7.67. The van der Waals surface area contributed by atoms with E-state index in [1.54, 1.807) is 0 Å². The summed E-state index contributed by atoms with van der Waals surface area (Å²) < 4.78 is 10.1. The summed E-state index contributed by atoms with van der Waals surface area (Å²) in [4.78, 5) is 13.2. The van der Waals surface area contributed by atoms with E-state index in [2.05, 4.69) is 11.7 Å². The van der Waals surface area contributed by atoms with Crippen molar-refractivity contribution in [1.82, 2.24) is 4.90 Å². The standard InChI is InChI=1S/C11H24N2O3/c1-4-6-13(9-11(14)15-3)8-10(7-12)16-5-2/h10H,4-9,12H2,1-3H3. The van der Waals surface area contributed by atoms with Crippen molar-refractivity contribution in [3.05, 3.63) is 0 Å². The fourth-order valence-electron chi connectivity index (χ4n) is 1.52. The Morgan fingerprint density at radius 1 is 1.44 bits per heavy atom. The van der Waals surface area contributed by atoms with Crippen molar-refractivity contribution in [2.45, 2.75) is 26.4 Å². The molecule has 0 aliphatic heterocycles. The van der Waals surface area contributed by atoms with Gasteiger partial charge in [-0.1, -0.05) is 6.92 Å². The van der Waals surface area contributed by atoms with Crippen molar-refractivity contribution in [2.75, 3.05) is 39.9 Å². The molecule has 0 bridgehead atoms. The zero-order valence-electron chi connectivity index (χ0n) is 10.6. The minimum Gasteiger partial charge on any atom is -0.468 e. The molecule has 0 radical (unpaired) electrons. The molecule has 1 atom stereocenters. The van der Waals surface area contributed by atoms with Crippen LogP contribution in [0.2, 0.25) is 0 Å². The van der Waals surface area contributed by atoms with E-state index in [0.717, 1.165) is 13.0 Å². The fraction of sp³-hybridized carbons (Fsp3) is 0.909.